The van der Waals surface area contributed by atoms with Gasteiger partial charge in [0.05, 0.1) is 12.8 Å². The van der Waals surface area contributed by atoms with Crippen LogP contribution in [0.3, 0.4) is 0 Å². The topological polar surface area (TPSA) is 55.0 Å². The van der Waals surface area contributed by atoms with E-state index in [1.807, 2.05) is 0 Å². The number of hydrogen-bond donors (Lipinski definition) is 1. The molecular formula is C17H20N2O2. The Morgan fingerprint density at radius 1 is 1.19 bits per heavy atom. The summed E-state index contributed by atoms with van der Waals surface area (Å²) in [6.07, 6.45) is 6.66. The number of ether oxygens (including phenoxy) is 1. The summed E-state index contributed by atoms with van der Waals surface area (Å²) in [5.41, 5.74) is 3.58. The number of benzene rings is 1. The highest BCUT2D eigenvalue weighted by Crippen LogP contribution is 2.33. The van der Waals surface area contributed by atoms with Crippen molar-refractivity contribution in [3.8, 4) is 11.3 Å². The van der Waals surface area contributed by atoms with Crippen molar-refractivity contribution in [2.45, 2.75) is 38.0 Å². The number of hydrogen-bond acceptors (Lipinski definition) is 3. The average molecular weight is 284 g/mol. The molecule has 1 N–H and O–H groups in total. The molecule has 0 amide bonds. The first-order valence-corrected chi connectivity index (χ1v) is 7.52. The van der Waals surface area contributed by atoms with E-state index in [0.717, 1.165) is 11.3 Å². The van der Waals surface area contributed by atoms with Gasteiger partial charge in [0.25, 0.3) is 0 Å². The third-order valence-electron chi connectivity index (χ3n) is 4.27. The number of esters is 1. The summed E-state index contributed by atoms with van der Waals surface area (Å²) in [5.74, 6) is 0.310. The number of carbonyl (C=O) groups is 1. The Morgan fingerprint density at radius 2 is 1.90 bits per heavy atom. The van der Waals surface area contributed by atoms with Crippen molar-refractivity contribution < 1.29 is 9.53 Å². The first-order valence-electron chi connectivity index (χ1n) is 7.52. The molecule has 1 heterocycles. The number of carbonyl (C=O) groups excluding carboxylic acids is 1. The van der Waals surface area contributed by atoms with E-state index in [9.17, 15) is 4.79 Å². The number of aromatic amines is 1. The molecule has 0 bridgehead atoms. The highest BCUT2D eigenvalue weighted by Gasteiger charge is 2.16. The van der Waals surface area contributed by atoms with Gasteiger partial charge in [0, 0.05) is 5.56 Å². The second-order valence-electron chi connectivity index (χ2n) is 5.62. The summed E-state index contributed by atoms with van der Waals surface area (Å²) in [6, 6.07) is 10.3. The molecule has 3 rings (SSSR count). The molecule has 1 aromatic carbocycles. The largest absolute Gasteiger partial charge is 0.464 e. The van der Waals surface area contributed by atoms with Crippen molar-refractivity contribution in [3.63, 3.8) is 0 Å². The van der Waals surface area contributed by atoms with Gasteiger partial charge in [0.15, 0.2) is 0 Å². The van der Waals surface area contributed by atoms with Crippen LogP contribution in [0, 0.1) is 0 Å². The second-order valence-corrected chi connectivity index (χ2v) is 5.62. The number of nitrogens with one attached hydrogen (secondary N) is 1. The van der Waals surface area contributed by atoms with Crippen molar-refractivity contribution in [3.05, 3.63) is 41.6 Å². The quantitative estimate of drug-likeness (QED) is 0.869. The molecule has 110 valence electrons. The van der Waals surface area contributed by atoms with Crippen molar-refractivity contribution in [2.24, 2.45) is 0 Å². The van der Waals surface area contributed by atoms with Crippen LogP contribution in [0.2, 0.25) is 0 Å². The molecule has 1 saturated carbocycles. The third kappa shape index (κ3) is 2.99. The van der Waals surface area contributed by atoms with E-state index in [2.05, 4.69) is 39.2 Å². The highest BCUT2D eigenvalue weighted by molar-refractivity contribution is 5.88. The Kier molecular flexibility index (Phi) is 4.04. The molecule has 4 nitrogen and oxygen atoms in total. The molecule has 0 spiro atoms. The zero-order valence-corrected chi connectivity index (χ0v) is 12.3. The van der Waals surface area contributed by atoms with Crippen LogP contribution in [0.5, 0.6) is 0 Å². The fraction of sp³-hybridized carbons (Fsp3) is 0.412. The van der Waals surface area contributed by atoms with E-state index in [4.69, 9.17) is 0 Å². The Bertz CT molecular complexity index is 610. The predicted molar refractivity (Wildman–Crippen MR) is 81.2 cm³/mol. The Labute approximate surface area is 124 Å². The van der Waals surface area contributed by atoms with Crippen molar-refractivity contribution in [1.29, 1.82) is 0 Å². The van der Waals surface area contributed by atoms with E-state index >= 15 is 0 Å². The van der Waals surface area contributed by atoms with E-state index in [1.54, 1.807) is 6.07 Å². The molecule has 0 aliphatic heterocycles. The van der Waals surface area contributed by atoms with Gasteiger partial charge in [-0.3, -0.25) is 5.10 Å². The molecule has 1 fully saturated rings. The summed E-state index contributed by atoms with van der Waals surface area (Å²) in [4.78, 5) is 11.4. The van der Waals surface area contributed by atoms with E-state index in [-0.39, 0.29) is 0 Å². The van der Waals surface area contributed by atoms with Gasteiger partial charge in [-0.1, -0.05) is 43.5 Å². The summed E-state index contributed by atoms with van der Waals surface area (Å²) in [7, 11) is 1.36. The number of nitrogens with zero attached hydrogens (tertiary/aromatic N) is 1. The minimum Gasteiger partial charge on any atom is -0.464 e. The number of rotatable bonds is 3. The number of H-pyrrole nitrogens is 1. The summed E-state index contributed by atoms with van der Waals surface area (Å²) in [6.45, 7) is 0. The van der Waals surface area contributed by atoms with E-state index < -0.39 is 5.97 Å². The molecule has 21 heavy (non-hydrogen) atoms. The maximum atomic E-state index is 11.4. The molecule has 1 aliphatic rings. The third-order valence-corrected chi connectivity index (χ3v) is 4.27. The van der Waals surface area contributed by atoms with Crippen LogP contribution >= 0.6 is 0 Å². The molecule has 0 unspecified atom stereocenters. The second kappa shape index (κ2) is 6.12. The Morgan fingerprint density at radius 3 is 2.57 bits per heavy atom. The van der Waals surface area contributed by atoms with Crippen LogP contribution in [-0.4, -0.2) is 23.3 Å². The molecular weight excluding hydrogens is 264 g/mol. The van der Waals surface area contributed by atoms with Crippen LogP contribution in [0.1, 0.15) is 54.1 Å². The normalized spacial score (nSPS) is 15.9. The van der Waals surface area contributed by atoms with Gasteiger partial charge in [-0.15, -0.1) is 0 Å². The van der Waals surface area contributed by atoms with Crippen LogP contribution < -0.4 is 0 Å². The lowest BCUT2D eigenvalue weighted by atomic mass is 9.84. The maximum absolute atomic E-state index is 11.4. The van der Waals surface area contributed by atoms with Crippen molar-refractivity contribution in [2.75, 3.05) is 7.11 Å². The molecule has 4 heteroatoms. The van der Waals surface area contributed by atoms with Crippen molar-refractivity contribution >= 4 is 5.97 Å². The van der Waals surface area contributed by atoms with Crippen LogP contribution in [0.4, 0.5) is 0 Å². The fourth-order valence-corrected chi connectivity index (χ4v) is 3.05. The lowest BCUT2D eigenvalue weighted by Gasteiger charge is -2.21. The van der Waals surface area contributed by atoms with Crippen LogP contribution in [0.25, 0.3) is 11.3 Å². The first-order chi connectivity index (χ1) is 10.3. The van der Waals surface area contributed by atoms with Crippen molar-refractivity contribution in [1.82, 2.24) is 10.2 Å². The SMILES string of the molecule is COC(=O)c1cc(-c2ccc(C3CCCCC3)cc2)n[nH]1. The van der Waals surface area contributed by atoms with Gasteiger partial charge in [-0.05, 0) is 30.4 Å². The molecule has 1 aromatic heterocycles. The van der Waals surface area contributed by atoms with Crippen LogP contribution in [0.15, 0.2) is 30.3 Å². The molecule has 1 aliphatic carbocycles. The smallest absolute Gasteiger partial charge is 0.356 e. The van der Waals surface area contributed by atoms with Gasteiger partial charge in [-0.2, -0.15) is 5.10 Å². The Hall–Kier alpha value is -2.10. The van der Waals surface area contributed by atoms with E-state index in [0.29, 0.717) is 11.6 Å². The van der Waals surface area contributed by atoms with Gasteiger partial charge >= 0.3 is 5.97 Å². The minimum absolute atomic E-state index is 0.379. The maximum Gasteiger partial charge on any atom is 0.356 e. The molecule has 0 radical (unpaired) electrons. The summed E-state index contributed by atoms with van der Waals surface area (Å²) in [5, 5.41) is 6.88. The van der Waals surface area contributed by atoms with Gasteiger partial charge < -0.3 is 4.74 Å². The van der Waals surface area contributed by atoms with Gasteiger partial charge in [-0.25, -0.2) is 4.79 Å². The fourth-order valence-electron chi connectivity index (χ4n) is 3.05. The predicted octanol–water partition coefficient (Wildman–Crippen LogP) is 3.91. The lowest BCUT2D eigenvalue weighted by Crippen LogP contribution is -2.04. The zero-order valence-electron chi connectivity index (χ0n) is 12.3. The van der Waals surface area contributed by atoms with Gasteiger partial charge in [0.1, 0.15) is 5.69 Å². The molecule has 0 atom stereocenters. The zero-order chi connectivity index (χ0) is 14.7. The molecule has 2 aromatic rings. The van der Waals surface area contributed by atoms with Crippen LogP contribution in [-0.2, 0) is 4.74 Å². The summed E-state index contributed by atoms with van der Waals surface area (Å²) >= 11 is 0. The average Bonchev–Trinajstić information content (AvgIpc) is 3.05. The highest BCUT2D eigenvalue weighted by atomic mass is 16.5. The van der Waals surface area contributed by atoms with Gasteiger partial charge in [0.2, 0.25) is 0 Å². The lowest BCUT2D eigenvalue weighted by molar-refractivity contribution is 0.0594. The number of methoxy groups -OCH3 is 1. The van der Waals surface area contributed by atoms with E-state index in [1.165, 1.54) is 44.8 Å². The standard InChI is InChI=1S/C17H20N2O2/c1-21-17(20)16-11-15(18-19-16)14-9-7-13(8-10-14)12-5-3-2-4-6-12/h7-12H,2-6H2,1H3,(H,18,19). The first kappa shape index (κ1) is 13.9. The minimum atomic E-state index is -0.396. The monoisotopic (exact) mass is 284 g/mol. The Balaban J connectivity index is 1.77. The molecule has 0 saturated heterocycles. The summed E-state index contributed by atoms with van der Waals surface area (Å²) < 4.78 is 4.67. The number of aromatic nitrogens is 2.